The highest BCUT2D eigenvalue weighted by molar-refractivity contribution is 8.13. The van der Waals surface area contributed by atoms with Gasteiger partial charge in [-0.1, -0.05) is 78.5 Å². The van der Waals surface area contributed by atoms with E-state index in [9.17, 15) is 0 Å². The molecule has 3 aromatic carbocycles. The maximum Gasteiger partial charge on any atom is 0.158 e. The van der Waals surface area contributed by atoms with E-state index in [2.05, 4.69) is 99.7 Å². The van der Waals surface area contributed by atoms with Gasteiger partial charge < -0.3 is 5.32 Å². The molecule has 0 radical (unpaired) electrons. The van der Waals surface area contributed by atoms with Crippen molar-refractivity contribution in [3.8, 4) is 0 Å². The molecule has 0 spiro atoms. The van der Waals surface area contributed by atoms with Crippen molar-refractivity contribution < 1.29 is 0 Å². The van der Waals surface area contributed by atoms with E-state index in [4.69, 9.17) is 4.99 Å². The summed E-state index contributed by atoms with van der Waals surface area (Å²) in [7, 11) is 0. The zero-order valence-corrected chi connectivity index (χ0v) is 19.6. The maximum absolute atomic E-state index is 5.10. The van der Waals surface area contributed by atoms with Crippen LogP contribution in [0.5, 0.6) is 0 Å². The molecule has 0 bridgehead atoms. The Balaban J connectivity index is 0.00000256. The van der Waals surface area contributed by atoms with Gasteiger partial charge in [-0.25, -0.2) is 0 Å². The average Bonchev–Trinajstić information content (AvgIpc) is 3.18. The molecule has 1 N–H and O–H groups in total. The highest BCUT2D eigenvalue weighted by Crippen LogP contribution is 2.38. The molecule has 0 amide bonds. The summed E-state index contributed by atoms with van der Waals surface area (Å²) in [4.78, 5) is 5.10. The van der Waals surface area contributed by atoms with Crippen LogP contribution in [-0.2, 0) is 5.75 Å². The van der Waals surface area contributed by atoms with E-state index in [-0.39, 0.29) is 24.5 Å². The van der Waals surface area contributed by atoms with E-state index in [0.29, 0.717) is 0 Å². The largest absolute Gasteiger partial charge is 0.356 e. The van der Waals surface area contributed by atoms with E-state index in [0.717, 1.165) is 10.9 Å². The maximum atomic E-state index is 5.10. The van der Waals surface area contributed by atoms with Gasteiger partial charge in [0.05, 0.1) is 6.04 Å². The van der Waals surface area contributed by atoms with Crippen LogP contribution in [0.1, 0.15) is 51.0 Å². The van der Waals surface area contributed by atoms with E-state index in [1.165, 1.54) is 38.9 Å². The number of hydrogen-bond donors (Lipinski definition) is 1. The Hall–Kier alpha value is -2.23. The van der Waals surface area contributed by atoms with Gasteiger partial charge in [-0.3, -0.25) is 4.99 Å². The second-order valence-corrected chi connectivity index (χ2v) is 8.81. The molecule has 0 saturated carbocycles. The number of rotatable bonds is 4. The summed E-state index contributed by atoms with van der Waals surface area (Å²) in [5.41, 5.74) is 9.51. The minimum Gasteiger partial charge on any atom is -0.356 e. The van der Waals surface area contributed by atoms with E-state index in [1.54, 1.807) is 0 Å². The van der Waals surface area contributed by atoms with Gasteiger partial charge in [0.1, 0.15) is 6.04 Å². The summed E-state index contributed by atoms with van der Waals surface area (Å²) in [6.45, 7) is 8.89. The van der Waals surface area contributed by atoms with Gasteiger partial charge in [0.15, 0.2) is 5.17 Å². The van der Waals surface area contributed by atoms with Gasteiger partial charge in [0.25, 0.3) is 0 Å². The molecule has 0 aromatic heterocycles. The van der Waals surface area contributed by atoms with Crippen LogP contribution in [0.3, 0.4) is 0 Å². The molecule has 156 valence electrons. The normalized spacial score (nSPS) is 17.8. The molecule has 1 aliphatic heterocycles. The van der Waals surface area contributed by atoms with Crippen molar-refractivity contribution in [1.82, 2.24) is 5.32 Å². The molecule has 2 unspecified atom stereocenters. The molecule has 0 aliphatic carbocycles. The van der Waals surface area contributed by atoms with Crippen LogP contribution in [0.15, 0.2) is 71.7 Å². The van der Waals surface area contributed by atoms with Gasteiger partial charge in [-0.05, 0) is 66.6 Å². The molecule has 0 saturated heterocycles. The molecule has 4 heteroatoms. The Morgan fingerprint density at radius 1 is 0.800 bits per heavy atom. The minimum atomic E-state index is 0. The zero-order valence-electron chi connectivity index (χ0n) is 18.0. The van der Waals surface area contributed by atoms with Crippen LogP contribution in [0.4, 0.5) is 0 Å². The molecule has 30 heavy (non-hydrogen) atoms. The number of benzene rings is 3. The Morgan fingerprint density at radius 3 is 1.90 bits per heavy atom. The van der Waals surface area contributed by atoms with Crippen molar-refractivity contribution in [3.63, 3.8) is 0 Å². The van der Waals surface area contributed by atoms with Crippen molar-refractivity contribution in [2.24, 2.45) is 4.99 Å². The van der Waals surface area contributed by atoms with Gasteiger partial charge in [0, 0.05) is 5.75 Å². The van der Waals surface area contributed by atoms with Crippen molar-refractivity contribution in [1.29, 1.82) is 0 Å². The Morgan fingerprint density at radius 2 is 1.33 bits per heavy atom. The van der Waals surface area contributed by atoms with Gasteiger partial charge >= 0.3 is 0 Å². The van der Waals surface area contributed by atoms with E-state index >= 15 is 0 Å². The van der Waals surface area contributed by atoms with E-state index in [1.807, 2.05) is 11.8 Å². The lowest BCUT2D eigenvalue weighted by atomic mass is 9.95. The molecule has 1 aliphatic rings. The van der Waals surface area contributed by atoms with Gasteiger partial charge in [-0.2, -0.15) is 0 Å². The smallest absolute Gasteiger partial charge is 0.158 e. The minimum absolute atomic E-state index is 0. The van der Waals surface area contributed by atoms with Gasteiger partial charge in [0.2, 0.25) is 0 Å². The summed E-state index contributed by atoms with van der Waals surface area (Å²) in [6.07, 6.45) is 0. The van der Waals surface area contributed by atoms with Crippen LogP contribution in [-0.4, -0.2) is 5.17 Å². The van der Waals surface area contributed by atoms with Crippen LogP contribution in [0.2, 0.25) is 0 Å². The fourth-order valence-corrected chi connectivity index (χ4v) is 5.14. The molecule has 2 atom stereocenters. The van der Waals surface area contributed by atoms with Crippen molar-refractivity contribution in [2.75, 3.05) is 0 Å². The quantitative estimate of drug-likeness (QED) is 0.475. The fourth-order valence-electron chi connectivity index (χ4n) is 4.03. The van der Waals surface area contributed by atoms with Crippen LogP contribution < -0.4 is 5.32 Å². The first-order valence-electron chi connectivity index (χ1n) is 10.2. The predicted molar refractivity (Wildman–Crippen MR) is 133 cm³/mol. The number of halogens is 1. The molecule has 1 heterocycles. The summed E-state index contributed by atoms with van der Waals surface area (Å²) in [5.74, 6) is 0.940. The number of thioether (sulfide) groups is 1. The molecule has 2 nitrogen and oxygen atoms in total. The first-order chi connectivity index (χ1) is 14.0. The van der Waals surface area contributed by atoms with Crippen molar-refractivity contribution >= 4 is 29.3 Å². The third-order valence-electron chi connectivity index (χ3n) is 6.03. The number of hydrogen-bond acceptors (Lipinski definition) is 3. The second kappa shape index (κ2) is 9.72. The predicted octanol–water partition coefficient (Wildman–Crippen LogP) is 7.02. The van der Waals surface area contributed by atoms with Gasteiger partial charge in [-0.15, -0.1) is 12.4 Å². The van der Waals surface area contributed by atoms with Crippen LogP contribution in [0.25, 0.3) is 0 Å². The lowest BCUT2D eigenvalue weighted by molar-refractivity contribution is 0.573. The second-order valence-electron chi connectivity index (χ2n) is 7.85. The number of amidine groups is 1. The zero-order chi connectivity index (χ0) is 20.4. The monoisotopic (exact) mass is 436 g/mol. The lowest BCUT2D eigenvalue weighted by Gasteiger charge is -2.19. The SMILES string of the molecule is Cc1cc(C)c(C)c(CSC2=NC(c3ccccc3)C(c3ccccc3)N2)c1C.Cl. The fraction of sp³-hybridized carbons (Fsp3) is 0.269. The van der Waals surface area contributed by atoms with Crippen LogP contribution in [0, 0.1) is 27.7 Å². The third-order valence-corrected chi connectivity index (χ3v) is 6.96. The summed E-state index contributed by atoms with van der Waals surface area (Å²) < 4.78 is 0. The highest BCUT2D eigenvalue weighted by Gasteiger charge is 2.31. The lowest BCUT2D eigenvalue weighted by Crippen LogP contribution is -2.22. The number of nitrogens with one attached hydrogen (secondary N) is 1. The highest BCUT2D eigenvalue weighted by atomic mass is 35.5. The summed E-state index contributed by atoms with van der Waals surface area (Å²) >= 11 is 1.82. The Bertz CT molecular complexity index is 1010. The van der Waals surface area contributed by atoms with Crippen molar-refractivity contribution in [3.05, 3.63) is 106 Å². The molecular formula is C26H29ClN2S. The summed E-state index contributed by atoms with van der Waals surface area (Å²) in [5, 5.41) is 4.74. The number of nitrogens with zero attached hydrogens (tertiary/aromatic N) is 1. The average molecular weight is 437 g/mol. The first-order valence-corrected chi connectivity index (χ1v) is 11.2. The molecule has 4 rings (SSSR count). The third kappa shape index (κ3) is 4.58. The summed E-state index contributed by atoms with van der Waals surface area (Å²) in [6, 6.07) is 23.8. The molecule has 0 fully saturated rings. The Labute approximate surface area is 190 Å². The Kier molecular flexibility index (Phi) is 7.27. The number of aryl methyl sites for hydroxylation is 2. The standard InChI is InChI=1S/C26H28N2S.ClH/c1-17-15-18(2)20(4)23(19(17)3)16-29-26-27-24(21-11-7-5-8-12-21)25(28-26)22-13-9-6-10-14-22;/h5-15,24-25H,16H2,1-4H3,(H,27,28);1H. The topological polar surface area (TPSA) is 24.4 Å². The number of aliphatic imine (C=N–C) groups is 1. The molecular weight excluding hydrogens is 408 g/mol. The van der Waals surface area contributed by atoms with Crippen molar-refractivity contribution in [2.45, 2.75) is 45.5 Å². The van der Waals surface area contributed by atoms with Crippen LogP contribution >= 0.6 is 24.2 Å². The van der Waals surface area contributed by atoms with E-state index < -0.39 is 0 Å². The first kappa shape index (κ1) is 22.5. The molecule has 3 aromatic rings.